The van der Waals surface area contributed by atoms with Gasteiger partial charge in [0.05, 0.1) is 11.3 Å². The number of fused-ring (bicyclic) bond motifs is 1. The van der Waals surface area contributed by atoms with Crippen molar-refractivity contribution < 1.29 is 4.79 Å². The quantitative estimate of drug-likeness (QED) is 0.939. The van der Waals surface area contributed by atoms with E-state index in [2.05, 4.69) is 30.2 Å². The maximum absolute atomic E-state index is 12.9. The van der Waals surface area contributed by atoms with Crippen LogP contribution < -0.4 is 10.2 Å². The van der Waals surface area contributed by atoms with Crippen molar-refractivity contribution in [1.82, 2.24) is 4.98 Å². The fraction of sp³-hybridized carbons (Fsp3) is 0.333. The molecule has 4 heteroatoms. The molecule has 1 aromatic heterocycles. The summed E-state index contributed by atoms with van der Waals surface area (Å²) in [6, 6.07) is 10.2. The van der Waals surface area contributed by atoms with Crippen LogP contribution >= 0.6 is 0 Å². The third-order valence-corrected chi connectivity index (χ3v) is 3.99. The number of hydrogen-bond donors (Lipinski definition) is 1. The van der Waals surface area contributed by atoms with Gasteiger partial charge < -0.3 is 10.2 Å². The topological polar surface area (TPSA) is 45.2 Å². The molecule has 1 unspecified atom stereocenters. The Hall–Kier alpha value is -2.36. The molecule has 0 spiro atoms. The van der Waals surface area contributed by atoms with Crippen molar-refractivity contribution in [1.29, 1.82) is 0 Å². The van der Waals surface area contributed by atoms with Crippen LogP contribution in [0, 0.1) is 0 Å². The minimum Gasteiger partial charge on any atom is -0.384 e. The van der Waals surface area contributed by atoms with Crippen LogP contribution in [0.3, 0.4) is 0 Å². The van der Waals surface area contributed by atoms with Crippen molar-refractivity contribution in [2.45, 2.75) is 32.7 Å². The zero-order chi connectivity index (χ0) is 15.5. The lowest BCUT2D eigenvalue weighted by Crippen LogP contribution is -2.35. The summed E-state index contributed by atoms with van der Waals surface area (Å²) in [6.45, 7) is 5.07. The Morgan fingerprint density at radius 3 is 3.00 bits per heavy atom. The van der Waals surface area contributed by atoms with Crippen molar-refractivity contribution in [3.05, 3.63) is 53.9 Å². The van der Waals surface area contributed by atoms with E-state index in [0.717, 1.165) is 30.8 Å². The highest BCUT2D eigenvalue weighted by atomic mass is 16.2. The Bertz CT molecular complexity index is 684. The number of para-hydroxylation sites is 1. The maximum atomic E-state index is 12.9. The van der Waals surface area contributed by atoms with Gasteiger partial charge in [-0.05, 0) is 37.5 Å². The smallest absolute Gasteiger partial charge is 0.260 e. The second kappa shape index (κ2) is 6.18. The number of carbonyl (C=O) groups excluding carboxylic acids is 1. The number of rotatable bonds is 4. The summed E-state index contributed by atoms with van der Waals surface area (Å²) in [5.41, 5.74) is 3.78. The van der Waals surface area contributed by atoms with E-state index in [1.807, 2.05) is 29.2 Å². The lowest BCUT2D eigenvalue weighted by atomic mass is 10.1. The van der Waals surface area contributed by atoms with Gasteiger partial charge in [-0.3, -0.25) is 9.78 Å². The molecule has 1 aliphatic heterocycles. The van der Waals surface area contributed by atoms with Crippen LogP contribution in [-0.4, -0.2) is 23.5 Å². The van der Waals surface area contributed by atoms with Gasteiger partial charge in [-0.15, -0.1) is 0 Å². The van der Waals surface area contributed by atoms with Crippen LogP contribution in [0.1, 0.15) is 36.2 Å². The third-order valence-electron chi connectivity index (χ3n) is 3.99. The molecule has 22 heavy (non-hydrogen) atoms. The van der Waals surface area contributed by atoms with E-state index in [4.69, 9.17) is 0 Å². The number of aromatic nitrogens is 1. The van der Waals surface area contributed by atoms with Gasteiger partial charge in [0.15, 0.2) is 0 Å². The number of benzene rings is 1. The average molecular weight is 295 g/mol. The summed E-state index contributed by atoms with van der Waals surface area (Å²) in [6.07, 6.45) is 5.35. The molecule has 114 valence electrons. The molecule has 2 heterocycles. The van der Waals surface area contributed by atoms with Crippen molar-refractivity contribution in [2.24, 2.45) is 0 Å². The van der Waals surface area contributed by atoms with Crippen molar-refractivity contribution >= 4 is 17.3 Å². The number of nitrogens with one attached hydrogen (secondary N) is 1. The molecule has 0 fully saturated rings. The first kappa shape index (κ1) is 14.6. The van der Waals surface area contributed by atoms with Crippen LogP contribution in [0.25, 0.3) is 0 Å². The lowest BCUT2D eigenvalue weighted by Gasteiger charge is -2.23. The first-order valence-corrected chi connectivity index (χ1v) is 7.81. The fourth-order valence-electron chi connectivity index (χ4n) is 2.94. The van der Waals surface area contributed by atoms with Gasteiger partial charge in [-0.25, -0.2) is 0 Å². The summed E-state index contributed by atoms with van der Waals surface area (Å²) in [7, 11) is 0. The highest BCUT2D eigenvalue weighted by Crippen LogP contribution is 2.33. The predicted molar refractivity (Wildman–Crippen MR) is 89.4 cm³/mol. The van der Waals surface area contributed by atoms with E-state index in [0.29, 0.717) is 5.56 Å². The Kier molecular flexibility index (Phi) is 4.09. The zero-order valence-corrected chi connectivity index (χ0v) is 13.0. The van der Waals surface area contributed by atoms with Crippen molar-refractivity contribution in [3.63, 3.8) is 0 Å². The van der Waals surface area contributed by atoms with Gasteiger partial charge >= 0.3 is 0 Å². The average Bonchev–Trinajstić information content (AvgIpc) is 2.88. The minimum atomic E-state index is 0.0186. The molecule has 1 atom stereocenters. The van der Waals surface area contributed by atoms with Crippen LogP contribution in [0.15, 0.2) is 42.7 Å². The molecule has 3 rings (SSSR count). The second-order valence-corrected chi connectivity index (χ2v) is 5.75. The highest BCUT2D eigenvalue weighted by Gasteiger charge is 2.31. The Balaban J connectivity index is 1.88. The first-order chi connectivity index (χ1) is 10.7. The molecular weight excluding hydrogens is 274 g/mol. The molecule has 0 radical (unpaired) electrons. The molecule has 1 N–H and O–H groups in total. The lowest BCUT2D eigenvalue weighted by molar-refractivity contribution is 0.0981. The van der Waals surface area contributed by atoms with Crippen molar-refractivity contribution in [3.8, 4) is 0 Å². The third kappa shape index (κ3) is 2.69. The minimum absolute atomic E-state index is 0.0186. The van der Waals surface area contributed by atoms with Gasteiger partial charge in [0.1, 0.15) is 0 Å². The molecule has 0 saturated heterocycles. The van der Waals surface area contributed by atoms with E-state index >= 15 is 0 Å². The summed E-state index contributed by atoms with van der Waals surface area (Å²) >= 11 is 0. The van der Waals surface area contributed by atoms with Crippen LogP contribution in [0.4, 0.5) is 11.4 Å². The molecule has 0 aliphatic carbocycles. The summed E-state index contributed by atoms with van der Waals surface area (Å²) in [4.78, 5) is 19.0. The number of amides is 1. The number of carbonyl (C=O) groups is 1. The first-order valence-electron chi connectivity index (χ1n) is 7.81. The number of pyridine rings is 1. The van der Waals surface area contributed by atoms with Gasteiger partial charge in [0, 0.05) is 30.7 Å². The Morgan fingerprint density at radius 2 is 2.18 bits per heavy atom. The molecule has 1 aliphatic rings. The molecule has 2 aromatic rings. The maximum Gasteiger partial charge on any atom is 0.260 e. The SMILES string of the molecule is CCCNc1cncc(C(=O)N2c3ccccc3CC2C)c1. The zero-order valence-electron chi connectivity index (χ0n) is 13.0. The van der Waals surface area contributed by atoms with E-state index in [1.54, 1.807) is 12.4 Å². The second-order valence-electron chi connectivity index (χ2n) is 5.75. The van der Waals surface area contributed by atoms with Crippen LogP contribution in [-0.2, 0) is 6.42 Å². The monoisotopic (exact) mass is 295 g/mol. The van der Waals surface area contributed by atoms with Crippen LogP contribution in [0.5, 0.6) is 0 Å². The predicted octanol–water partition coefficient (Wildman–Crippen LogP) is 3.49. The standard InChI is InChI=1S/C18H21N3O/c1-3-8-20-16-10-15(11-19-12-16)18(22)21-13(2)9-14-6-4-5-7-17(14)21/h4-7,10-13,20H,3,8-9H2,1-2H3. The van der Waals surface area contributed by atoms with Gasteiger partial charge in [0.2, 0.25) is 0 Å². The van der Waals surface area contributed by atoms with Crippen molar-refractivity contribution in [2.75, 3.05) is 16.8 Å². The number of anilines is 2. The summed E-state index contributed by atoms with van der Waals surface area (Å²) < 4.78 is 0. The summed E-state index contributed by atoms with van der Waals surface area (Å²) in [5.74, 6) is 0.0186. The van der Waals surface area contributed by atoms with E-state index in [1.165, 1.54) is 5.56 Å². The number of hydrogen-bond acceptors (Lipinski definition) is 3. The van der Waals surface area contributed by atoms with Gasteiger partial charge in [-0.1, -0.05) is 25.1 Å². The van der Waals surface area contributed by atoms with E-state index in [-0.39, 0.29) is 11.9 Å². The van der Waals surface area contributed by atoms with E-state index < -0.39 is 0 Å². The molecule has 0 saturated carbocycles. The molecule has 1 amide bonds. The van der Waals surface area contributed by atoms with Gasteiger partial charge in [0.25, 0.3) is 5.91 Å². The fourth-order valence-corrected chi connectivity index (χ4v) is 2.94. The molecule has 1 aromatic carbocycles. The van der Waals surface area contributed by atoms with Crippen LogP contribution in [0.2, 0.25) is 0 Å². The largest absolute Gasteiger partial charge is 0.384 e. The summed E-state index contributed by atoms with van der Waals surface area (Å²) in [5, 5.41) is 3.28. The highest BCUT2D eigenvalue weighted by molar-refractivity contribution is 6.08. The number of nitrogens with zero attached hydrogens (tertiary/aromatic N) is 2. The molecule has 0 bridgehead atoms. The Morgan fingerprint density at radius 1 is 1.36 bits per heavy atom. The van der Waals surface area contributed by atoms with Gasteiger partial charge in [-0.2, -0.15) is 0 Å². The molecule has 4 nitrogen and oxygen atoms in total. The molecular formula is C18H21N3O. The van der Waals surface area contributed by atoms with E-state index in [9.17, 15) is 4.79 Å². The normalized spacial score (nSPS) is 16.5. The Labute approximate surface area is 131 Å².